The van der Waals surface area contributed by atoms with Gasteiger partial charge in [0.2, 0.25) is 0 Å². The van der Waals surface area contributed by atoms with Crippen molar-refractivity contribution in [3.05, 3.63) is 40.5 Å². The van der Waals surface area contributed by atoms with E-state index in [0.717, 1.165) is 16.7 Å². The number of carbonyl (C=O) groups excluding carboxylic acids is 2. The summed E-state index contributed by atoms with van der Waals surface area (Å²) in [5, 5.41) is 0. The molecule has 102 valence electrons. The predicted octanol–water partition coefficient (Wildman–Crippen LogP) is 2.42. The van der Waals surface area contributed by atoms with Crippen molar-refractivity contribution in [2.75, 3.05) is 13.7 Å². The minimum absolute atomic E-state index is 0.0879. The van der Waals surface area contributed by atoms with E-state index < -0.39 is 11.9 Å². The van der Waals surface area contributed by atoms with Crippen molar-refractivity contribution in [2.24, 2.45) is 0 Å². The molecule has 0 spiro atoms. The van der Waals surface area contributed by atoms with E-state index in [1.54, 1.807) is 6.08 Å². The molecule has 0 aliphatic heterocycles. The minimum atomic E-state index is -0.498. The molecule has 1 aromatic carbocycles. The maximum absolute atomic E-state index is 11.6. The smallest absolute Gasteiger partial charge is 0.337 e. The highest BCUT2D eigenvalue weighted by molar-refractivity contribution is 5.94. The number of hydrogen-bond donors (Lipinski definition) is 0. The number of esters is 2. The first kappa shape index (κ1) is 15.0. The number of carbonyl (C=O) groups is 2. The zero-order valence-corrected chi connectivity index (χ0v) is 11.6. The SMILES string of the molecule is COC(=O)/C(=C/c1cc(C)ccc1C)COC(C)=O. The van der Waals surface area contributed by atoms with Crippen molar-refractivity contribution in [3.63, 3.8) is 0 Å². The molecule has 0 N–H and O–H groups in total. The molecule has 0 aliphatic rings. The van der Waals surface area contributed by atoms with Gasteiger partial charge in [-0.1, -0.05) is 23.8 Å². The molecule has 0 aliphatic carbocycles. The summed E-state index contributed by atoms with van der Waals surface area (Å²) in [6.45, 7) is 5.13. The molecule has 0 heterocycles. The van der Waals surface area contributed by atoms with Gasteiger partial charge in [-0.25, -0.2) is 4.79 Å². The van der Waals surface area contributed by atoms with Gasteiger partial charge in [0.15, 0.2) is 0 Å². The fourth-order valence-corrected chi connectivity index (χ4v) is 1.57. The first-order chi connectivity index (χ1) is 8.93. The van der Waals surface area contributed by atoms with Crippen molar-refractivity contribution < 1.29 is 19.1 Å². The highest BCUT2D eigenvalue weighted by Gasteiger charge is 2.12. The molecule has 0 saturated carbocycles. The standard InChI is InChI=1S/C15H18O4/c1-10-5-6-11(2)13(7-10)8-14(15(17)18-4)9-19-12(3)16/h5-8H,9H2,1-4H3/b14-8+. The third kappa shape index (κ3) is 4.58. The van der Waals surface area contributed by atoms with E-state index >= 15 is 0 Å². The Labute approximate surface area is 113 Å². The summed E-state index contributed by atoms with van der Waals surface area (Å²) < 4.78 is 9.55. The van der Waals surface area contributed by atoms with Gasteiger partial charge in [0.1, 0.15) is 6.61 Å². The molecule has 19 heavy (non-hydrogen) atoms. The number of methoxy groups -OCH3 is 1. The van der Waals surface area contributed by atoms with Gasteiger partial charge in [0.25, 0.3) is 0 Å². The Balaban J connectivity index is 3.07. The summed E-state index contributed by atoms with van der Waals surface area (Å²) in [5.74, 6) is -0.932. The lowest BCUT2D eigenvalue weighted by molar-refractivity contribution is -0.141. The third-order valence-electron chi connectivity index (χ3n) is 2.64. The topological polar surface area (TPSA) is 52.6 Å². The fourth-order valence-electron chi connectivity index (χ4n) is 1.57. The van der Waals surface area contributed by atoms with Crippen LogP contribution in [0, 0.1) is 13.8 Å². The number of hydrogen-bond acceptors (Lipinski definition) is 4. The van der Waals surface area contributed by atoms with Gasteiger partial charge >= 0.3 is 11.9 Å². The zero-order valence-electron chi connectivity index (χ0n) is 11.6. The molecule has 0 fully saturated rings. The molecule has 0 atom stereocenters. The van der Waals surface area contributed by atoms with Gasteiger partial charge < -0.3 is 9.47 Å². The Morgan fingerprint density at radius 2 is 1.95 bits per heavy atom. The van der Waals surface area contributed by atoms with E-state index in [-0.39, 0.29) is 6.61 Å². The Hall–Kier alpha value is -2.10. The third-order valence-corrected chi connectivity index (χ3v) is 2.64. The Morgan fingerprint density at radius 1 is 1.26 bits per heavy atom. The fraction of sp³-hybridized carbons (Fsp3) is 0.333. The number of benzene rings is 1. The largest absolute Gasteiger partial charge is 0.466 e. The summed E-state index contributed by atoms with van der Waals surface area (Å²) in [4.78, 5) is 22.5. The lowest BCUT2D eigenvalue weighted by atomic mass is 10.0. The normalized spacial score (nSPS) is 11.1. The average molecular weight is 262 g/mol. The van der Waals surface area contributed by atoms with Crippen molar-refractivity contribution in [1.82, 2.24) is 0 Å². The minimum Gasteiger partial charge on any atom is -0.466 e. The van der Waals surface area contributed by atoms with Crippen LogP contribution in [0.2, 0.25) is 0 Å². The van der Waals surface area contributed by atoms with Gasteiger partial charge in [-0.3, -0.25) is 4.79 Å². The molecule has 1 aromatic rings. The van der Waals surface area contributed by atoms with Gasteiger partial charge in [-0.15, -0.1) is 0 Å². The zero-order chi connectivity index (χ0) is 14.4. The Bertz CT molecular complexity index is 515. The lowest BCUT2D eigenvalue weighted by Gasteiger charge is -2.08. The molecular weight excluding hydrogens is 244 g/mol. The maximum atomic E-state index is 11.6. The van der Waals surface area contributed by atoms with Gasteiger partial charge in [0.05, 0.1) is 12.7 Å². The van der Waals surface area contributed by atoms with Crippen molar-refractivity contribution in [2.45, 2.75) is 20.8 Å². The first-order valence-corrected chi connectivity index (χ1v) is 5.93. The highest BCUT2D eigenvalue weighted by Crippen LogP contribution is 2.15. The van der Waals surface area contributed by atoms with Gasteiger partial charge in [-0.05, 0) is 31.1 Å². The summed E-state index contributed by atoms with van der Waals surface area (Å²) in [7, 11) is 1.30. The van der Waals surface area contributed by atoms with E-state index in [9.17, 15) is 9.59 Å². The second-order valence-corrected chi connectivity index (χ2v) is 4.30. The van der Waals surface area contributed by atoms with Crippen molar-refractivity contribution in [3.8, 4) is 0 Å². The highest BCUT2D eigenvalue weighted by atomic mass is 16.5. The summed E-state index contributed by atoms with van der Waals surface area (Å²) in [6.07, 6.45) is 1.69. The predicted molar refractivity (Wildman–Crippen MR) is 72.5 cm³/mol. The second-order valence-electron chi connectivity index (χ2n) is 4.30. The number of aryl methyl sites for hydroxylation is 2. The number of rotatable bonds is 4. The quantitative estimate of drug-likeness (QED) is 0.617. The Kier molecular flexibility index (Phi) is 5.30. The van der Waals surface area contributed by atoms with Crippen LogP contribution in [0.3, 0.4) is 0 Å². The first-order valence-electron chi connectivity index (χ1n) is 5.93. The van der Waals surface area contributed by atoms with Crippen molar-refractivity contribution >= 4 is 18.0 Å². The average Bonchev–Trinajstić information content (AvgIpc) is 2.37. The number of ether oxygens (including phenoxy) is 2. The maximum Gasteiger partial charge on any atom is 0.337 e. The van der Waals surface area contributed by atoms with Crippen molar-refractivity contribution in [1.29, 1.82) is 0 Å². The van der Waals surface area contributed by atoms with Crippen LogP contribution in [0.25, 0.3) is 6.08 Å². The molecule has 0 bridgehead atoms. The molecule has 4 nitrogen and oxygen atoms in total. The molecule has 0 saturated heterocycles. The molecule has 0 aromatic heterocycles. The molecular formula is C15H18O4. The summed E-state index contributed by atoms with van der Waals surface area (Å²) in [6, 6.07) is 5.94. The van der Waals surface area contributed by atoms with Gasteiger partial charge in [0, 0.05) is 6.92 Å². The van der Waals surface area contributed by atoms with Crippen LogP contribution in [-0.4, -0.2) is 25.7 Å². The summed E-state index contributed by atoms with van der Waals surface area (Å²) >= 11 is 0. The molecule has 0 unspecified atom stereocenters. The monoisotopic (exact) mass is 262 g/mol. The molecule has 0 radical (unpaired) electrons. The second kappa shape index (κ2) is 6.73. The lowest BCUT2D eigenvalue weighted by Crippen LogP contribution is -2.12. The van der Waals surface area contributed by atoms with E-state index in [4.69, 9.17) is 4.74 Å². The van der Waals surface area contributed by atoms with Crippen LogP contribution < -0.4 is 0 Å². The summed E-state index contributed by atoms with van der Waals surface area (Å²) in [5.41, 5.74) is 3.35. The van der Waals surface area contributed by atoms with E-state index in [2.05, 4.69) is 4.74 Å². The van der Waals surface area contributed by atoms with Crippen LogP contribution >= 0.6 is 0 Å². The van der Waals surface area contributed by atoms with E-state index in [0.29, 0.717) is 5.57 Å². The molecule has 4 heteroatoms. The Morgan fingerprint density at radius 3 is 2.53 bits per heavy atom. The van der Waals surface area contributed by atoms with Crippen LogP contribution in [-0.2, 0) is 19.1 Å². The van der Waals surface area contributed by atoms with Crippen LogP contribution in [0.15, 0.2) is 23.8 Å². The van der Waals surface area contributed by atoms with Crippen LogP contribution in [0.5, 0.6) is 0 Å². The van der Waals surface area contributed by atoms with E-state index in [1.807, 2.05) is 32.0 Å². The molecule has 0 amide bonds. The van der Waals surface area contributed by atoms with Gasteiger partial charge in [-0.2, -0.15) is 0 Å². The van der Waals surface area contributed by atoms with Crippen LogP contribution in [0.4, 0.5) is 0 Å². The van der Waals surface area contributed by atoms with Crippen LogP contribution in [0.1, 0.15) is 23.6 Å². The molecule has 1 rings (SSSR count). The van der Waals surface area contributed by atoms with E-state index in [1.165, 1.54) is 14.0 Å².